The lowest BCUT2D eigenvalue weighted by atomic mass is 9.98. The van der Waals surface area contributed by atoms with Crippen LogP contribution in [0.3, 0.4) is 0 Å². The maximum atomic E-state index is 3.69. The first-order valence-corrected chi connectivity index (χ1v) is 9.64. The van der Waals surface area contributed by atoms with Gasteiger partial charge in [-0.3, -0.25) is 0 Å². The van der Waals surface area contributed by atoms with Crippen LogP contribution in [0.4, 0.5) is 5.69 Å². The predicted octanol–water partition coefficient (Wildman–Crippen LogP) is 3.01. The average Bonchev–Trinajstić information content (AvgIpc) is 2.60. The van der Waals surface area contributed by atoms with Crippen molar-refractivity contribution in [1.29, 1.82) is 0 Å². The monoisotopic (exact) mass is 234 g/mol. The fourth-order valence-corrected chi connectivity index (χ4v) is 3.13. The van der Waals surface area contributed by atoms with Crippen LogP contribution in [0.1, 0.15) is 17.9 Å². The molecule has 0 spiro atoms. The number of anilines is 1. The van der Waals surface area contributed by atoms with Crippen molar-refractivity contribution in [2.24, 2.45) is 0 Å². The van der Waals surface area contributed by atoms with Crippen LogP contribution >= 0.6 is 0 Å². The molecule has 3 heteroatoms. The van der Waals surface area contributed by atoms with E-state index in [0.29, 0.717) is 5.92 Å². The van der Waals surface area contributed by atoms with E-state index in [9.17, 15) is 0 Å². The highest BCUT2D eigenvalue weighted by Gasteiger charge is 2.21. The molecule has 2 nitrogen and oxygen atoms in total. The first-order valence-electron chi connectivity index (χ1n) is 6.14. The zero-order valence-corrected chi connectivity index (χ0v) is 11.5. The van der Waals surface area contributed by atoms with Gasteiger partial charge in [0.05, 0.1) is 0 Å². The van der Waals surface area contributed by atoms with Gasteiger partial charge < -0.3 is 10.3 Å². The van der Waals surface area contributed by atoms with Gasteiger partial charge in [0.15, 0.2) is 0 Å². The first kappa shape index (κ1) is 11.7. The molecular formula is C13H22N2Si. The van der Waals surface area contributed by atoms with E-state index in [2.05, 4.69) is 54.2 Å². The van der Waals surface area contributed by atoms with Crippen molar-refractivity contribution < 1.29 is 0 Å². The summed E-state index contributed by atoms with van der Waals surface area (Å²) in [5.74, 6) is 0.694. The van der Waals surface area contributed by atoms with Crippen LogP contribution in [0.15, 0.2) is 24.3 Å². The minimum absolute atomic E-state index is 0.694. The van der Waals surface area contributed by atoms with Crippen molar-refractivity contribution >= 4 is 13.9 Å². The van der Waals surface area contributed by atoms with Crippen LogP contribution in [0.5, 0.6) is 0 Å². The highest BCUT2D eigenvalue weighted by molar-refractivity contribution is 6.73. The lowest BCUT2D eigenvalue weighted by Gasteiger charge is -2.19. The second-order valence-electron chi connectivity index (χ2n) is 5.63. The number of nitrogens with one attached hydrogen (secondary N) is 2. The summed E-state index contributed by atoms with van der Waals surface area (Å²) in [6.07, 6.45) is 1.24. The van der Waals surface area contributed by atoms with Crippen molar-refractivity contribution in [3.05, 3.63) is 29.8 Å². The van der Waals surface area contributed by atoms with Crippen LogP contribution in [0.2, 0.25) is 19.6 Å². The Kier molecular flexibility index (Phi) is 3.35. The molecule has 1 unspecified atom stereocenters. The summed E-state index contributed by atoms with van der Waals surface area (Å²) in [5.41, 5.74) is 2.83. The van der Waals surface area contributed by atoms with Gasteiger partial charge in [-0.25, -0.2) is 0 Å². The number of hydrogen-bond donors (Lipinski definition) is 2. The lowest BCUT2D eigenvalue weighted by Crippen LogP contribution is -2.42. The zero-order chi connectivity index (χ0) is 11.6. The van der Waals surface area contributed by atoms with Crippen molar-refractivity contribution in [3.8, 4) is 0 Å². The molecule has 1 heterocycles. The van der Waals surface area contributed by atoms with E-state index < -0.39 is 8.24 Å². The Morgan fingerprint density at radius 2 is 2.06 bits per heavy atom. The van der Waals surface area contributed by atoms with Crippen LogP contribution < -0.4 is 10.3 Å². The van der Waals surface area contributed by atoms with Crippen molar-refractivity contribution in [3.63, 3.8) is 0 Å². The largest absolute Gasteiger partial charge is 0.384 e. The van der Waals surface area contributed by atoms with Gasteiger partial charge in [0.1, 0.15) is 8.24 Å². The summed E-state index contributed by atoms with van der Waals surface area (Å²) < 4.78 is 0. The first-order chi connectivity index (χ1) is 7.56. The molecule has 88 valence electrons. The van der Waals surface area contributed by atoms with Gasteiger partial charge in [-0.2, -0.15) is 0 Å². The van der Waals surface area contributed by atoms with E-state index in [-0.39, 0.29) is 0 Å². The molecule has 1 atom stereocenters. The highest BCUT2D eigenvalue weighted by atomic mass is 28.3. The summed E-state index contributed by atoms with van der Waals surface area (Å²) in [6.45, 7) is 9.32. The maximum absolute atomic E-state index is 3.69. The van der Waals surface area contributed by atoms with E-state index in [1.807, 2.05) is 0 Å². The molecule has 1 aliphatic rings. The van der Waals surface area contributed by atoms with E-state index in [1.165, 1.54) is 17.7 Å². The number of para-hydroxylation sites is 1. The summed E-state index contributed by atoms with van der Waals surface area (Å²) in [7, 11) is -1.09. The third-order valence-electron chi connectivity index (χ3n) is 3.09. The third kappa shape index (κ3) is 2.86. The summed E-state index contributed by atoms with van der Waals surface area (Å²) in [4.78, 5) is 3.69. The topological polar surface area (TPSA) is 24.1 Å². The molecule has 0 radical (unpaired) electrons. The van der Waals surface area contributed by atoms with Crippen molar-refractivity contribution in [1.82, 2.24) is 4.98 Å². The second-order valence-corrected chi connectivity index (χ2v) is 10.5. The Hall–Kier alpha value is -0.803. The van der Waals surface area contributed by atoms with Crippen LogP contribution in [-0.4, -0.2) is 21.3 Å². The van der Waals surface area contributed by atoms with E-state index >= 15 is 0 Å². The molecule has 0 amide bonds. The van der Waals surface area contributed by atoms with Crippen molar-refractivity contribution in [2.45, 2.75) is 32.0 Å². The molecule has 2 rings (SSSR count). The third-order valence-corrected chi connectivity index (χ3v) is 4.40. The SMILES string of the molecule is C[Si](C)(C)NCCC1CNc2ccccc21. The fourth-order valence-electron chi connectivity index (χ4n) is 2.24. The Morgan fingerprint density at radius 1 is 1.31 bits per heavy atom. The highest BCUT2D eigenvalue weighted by Crippen LogP contribution is 2.32. The molecule has 1 aromatic carbocycles. The molecule has 0 saturated carbocycles. The molecule has 1 aliphatic heterocycles. The normalized spacial score (nSPS) is 19.3. The average molecular weight is 234 g/mol. The Balaban J connectivity index is 1.89. The fraction of sp³-hybridized carbons (Fsp3) is 0.538. The number of rotatable bonds is 4. The Morgan fingerprint density at radius 3 is 2.81 bits per heavy atom. The van der Waals surface area contributed by atoms with Crippen LogP contribution in [0, 0.1) is 0 Å². The van der Waals surface area contributed by atoms with E-state index in [0.717, 1.165) is 13.1 Å². The standard InChI is InChI=1S/C13H22N2Si/c1-16(2,3)15-9-8-11-10-14-13-7-5-4-6-12(11)13/h4-7,11,14-15H,8-10H2,1-3H3. The molecule has 0 aromatic heterocycles. The van der Waals surface area contributed by atoms with Gasteiger partial charge in [-0.15, -0.1) is 0 Å². The number of benzene rings is 1. The molecule has 0 fully saturated rings. The summed E-state index contributed by atoms with van der Waals surface area (Å²) in [5, 5.41) is 3.48. The summed E-state index contributed by atoms with van der Waals surface area (Å²) >= 11 is 0. The van der Waals surface area contributed by atoms with Gasteiger partial charge in [0.2, 0.25) is 0 Å². The summed E-state index contributed by atoms with van der Waals surface area (Å²) in [6, 6.07) is 8.69. The minimum Gasteiger partial charge on any atom is -0.384 e. The Labute approximate surface area is 99.5 Å². The predicted molar refractivity (Wildman–Crippen MR) is 73.6 cm³/mol. The van der Waals surface area contributed by atoms with Gasteiger partial charge in [0, 0.05) is 18.2 Å². The molecule has 0 aliphatic carbocycles. The quantitative estimate of drug-likeness (QED) is 0.783. The molecule has 0 bridgehead atoms. The van der Waals surface area contributed by atoms with E-state index in [4.69, 9.17) is 0 Å². The Bertz CT molecular complexity index is 357. The smallest absolute Gasteiger partial charge is 0.116 e. The van der Waals surface area contributed by atoms with Gasteiger partial charge >= 0.3 is 0 Å². The van der Waals surface area contributed by atoms with Gasteiger partial charge in [0.25, 0.3) is 0 Å². The molecule has 0 saturated heterocycles. The van der Waals surface area contributed by atoms with Crippen LogP contribution in [-0.2, 0) is 0 Å². The maximum Gasteiger partial charge on any atom is 0.116 e. The zero-order valence-electron chi connectivity index (χ0n) is 10.5. The van der Waals surface area contributed by atoms with Gasteiger partial charge in [-0.05, 0) is 24.6 Å². The second kappa shape index (κ2) is 4.59. The van der Waals surface area contributed by atoms with E-state index in [1.54, 1.807) is 0 Å². The minimum atomic E-state index is -1.09. The molecule has 16 heavy (non-hydrogen) atoms. The lowest BCUT2D eigenvalue weighted by molar-refractivity contribution is 0.659. The van der Waals surface area contributed by atoms with Crippen LogP contribution in [0.25, 0.3) is 0 Å². The van der Waals surface area contributed by atoms with Gasteiger partial charge in [-0.1, -0.05) is 37.8 Å². The molecule has 2 N–H and O–H groups in total. The molecular weight excluding hydrogens is 212 g/mol. The number of hydrogen-bond acceptors (Lipinski definition) is 2. The number of fused-ring (bicyclic) bond motifs is 1. The molecule has 1 aromatic rings. The van der Waals surface area contributed by atoms with Crippen molar-refractivity contribution in [2.75, 3.05) is 18.4 Å².